The van der Waals surface area contributed by atoms with Crippen LogP contribution in [0.4, 0.5) is 4.79 Å². The van der Waals surface area contributed by atoms with Gasteiger partial charge in [-0.2, -0.15) is 0 Å². The number of carboxylic acids is 1. The Kier molecular flexibility index (Phi) is 6.63. The summed E-state index contributed by atoms with van der Waals surface area (Å²) in [7, 11) is 0. The summed E-state index contributed by atoms with van der Waals surface area (Å²) in [5.41, 5.74) is 3.68. The van der Waals surface area contributed by atoms with Gasteiger partial charge >= 0.3 is 18.0 Å². The molecule has 0 heterocycles. The zero-order chi connectivity index (χ0) is 22.6. The molecule has 2 aromatic carbocycles. The van der Waals surface area contributed by atoms with Crippen LogP contribution in [0.2, 0.25) is 0 Å². The van der Waals surface area contributed by atoms with Crippen molar-refractivity contribution < 1.29 is 29.0 Å². The van der Waals surface area contributed by atoms with Gasteiger partial charge in [0, 0.05) is 12.3 Å². The highest BCUT2D eigenvalue weighted by molar-refractivity contribution is 5.81. The van der Waals surface area contributed by atoms with Gasteiger partial charge in [-0.25, -0.2) is 9.59 Å². The van der Waals surface area contributed by atoms with Crippen molar-refractivity contribution in [1.29, 1.82) is 0 Å². The third-order valence-corrected chi connectivity index (χ3v) is 4.99. The summed E-state index contributed by atoms with van der Waals surface area (Å²) in [6.45, 7) is 5.27. The number of rotatable bonds is 7. The molecule has 3 rings (SSSR count). The fourth-order valence-electron chi connectivity index (χ4n) is 3.69. The fraction of sp³-hybridized carbons (Fsp3) is 0.375. The summed E-state index contributed by atoms with van der Waals surface area (Å²) in [5, 5.41) is 11.7. The monoisotopic (exact) mass is 431 g/mol. The molecule has 0 bridgehead atoms. The number of hydrogen-bond acceptors (Lipinski definition) is 5. The fourth-order valence-corrected chi connectivity index (χ4v) is 3.69. The maximum absolute atomic E-state index is 12.3. The summed E-state index contributed by atoms with van der Waals surface area (Å²) in [5.74, 6) is -1.88. The van der Waals surface area contributed by atoms with Crippen LogP contribution < -0.4 is 5.32 Å². The lowest BCUT2D eigenvalue weighted by Gasteiger charge is -2.20. The first-order valence-corrected chi connectivity index (χ1v) is 10.2. The molecular weight excluding hydrogens is 404 g/mol. The zero-order valence-electron chi connectivity index (χ0n) is 17.9. The van der Waals surface area contributed by atoms with E-state index in [1.165, 1.54) is 0 Å². The number of fused-ring (bicyclic) bond motifs is 3. The van der Waals surface area contributed by atoms with Crippen molar-refractivity contribution >= 4 is 18.0 Å². The van der Waals surface area contributed by atoms with E-state index in [1.807, 2.05) is 48.5 Å². The molecule has 1 amide bonds. The van der Waals surface area contributed by atoms with E-state index in [4.69, 9.17) is 9.47 Å². The molecule has 0 saturated heterocycles. The standard InChI is InChI=1S/C24H27NO6/c1-24(2,3)31-21(26)13-12-20(22(27)28)25-23(29)30-14-19-17-10-6-4-8-15(17)16-9-5-7-11-18(16)19/h4-11,19-20H,12-14H2,1-3H3,(H,25,29)(H,27,28)/t20-/m0/s1/i12+1,13+1,20+1,21+1,22+1,25+1. The second kappa shape index (κ2) is 9.20. The molecule has 7 nitrogen and oxygen atoms in total. The predicted molar refractivity (Wildman–Crippen MR) is 115 cm³/mol. The van der Waals surface area contributed by atoms with Crippen LogP contribution in [0.15, 0.2) is 48.5 Å². The van der Waals surface area contributed by atoms with Gasteiger partial charge in [0.2, 0.25) is 0 Å². The van der Waals surface area contributed by atoms with E-state index in [9.17, 15) is 19.5 Å². The van der Waals surface area contributed by atoms with Crippen LogP contribution in [-0.2, 0) is 19.1 Å². The van der Waals surface area contributed by atoms with E-state index in [0.717, 1.165) is 22.3 Å². The summed E-state index contributed by atoms with van der Waals surface area (Å²) >= 11 is 0. The molecule has 1 aliphatic carbocycles. The lowest BCUT2D eigenvalue weighted by atomic mass is 9.98. The Balaban J connectivity index is 1.59. The highest BCUT2D eigenvalue weighted by Gasteiger charge is 2.30. The van der Waals surface area contributed by atoms with Crippen molar-refractivity contribution in [3.63, 3.8) is 0 Å². The third-order valence-electron chi connectivity index (χ3n) is 4.99. The Morgan fingerprint density at radius 2 is 1.55 bits per heavy atom. The van der Waals surface area contributed by atoms with Crippen molar-refractivity contribution in [2.75, 3.05) is 6.61 Å². The number of benzene rings is 2. The molecule has 0 unspecified atom stereocenters. The molecule has 0 fully saturated rings. The number of carboxylic acid groups (broad SMARTS) is 1. The molecule has 2 aromatic rings. The molecule has 7 heteroatoms. The van der Waals surface area contributed by atoms with Crippen molar-refractivity contribution in [3.8, 4) is 11.1 Å². The second-order valence-corrected chi connectivity index (χ2v) is 8.49. The average molecular weight is 431 g/mol. The van der Waals surface area contributed by atoms with Crippen LogP contribution in [0, 0.1) is 0 Å². The molecule has 0 aromatic heterocycles. The highest BCUT2D eigenvalue weighted by atomic mass is 16.6. The third kappa shape index (κ3) is 5.63. The Hall–Kier alpha value is -3.35. The number of amides is 1. The molecule has 0 aliphatic heterocycles. The molecule has 1 atom stereocenters. The quantitative estimate of drug-likeness (QED) is 0.389. The van der Waals surface area contributed by atoms with Gasteiger partial charge in [-0.15, -0.1) is 0 Å². The van der Waals surface area contributed by atoms with E-state index in [-0.39, 0.29) is 25.4 Å². The first-order chi connectivity index (χ1) is 14.7. The van der Waals surface area contributed by atoms with Gasteiger partial charge in [0.1, 0.15) is 18.2 Å². The molecule has 0 radical (unpaired) electrons. The van der Waals surface area contributed by atoms with Crippen molar-refractivity contribution in [1.82, 2.24) is 5.32 Å². The number of hydrogen-bond donors (Lipinski definition) is 2. The largest absolute Gasteiger partial charge is 0.480 e. The van der Waals surface area contributed by atoms with E-state index in [1.54, 1.807) is 20.8 Å². The van der Waals surface area contributed by atoms with Gasteiger partial charge in [-0.05, 0) is 49.4 Å². The van der Waals surface area contributed by atoms with Crippen LogP contribution in [0.25, 0.3) is 11.1 Å². The Labute approximate surface area is 181 Å². The first kappa shape index (κ1) is 22.3. The maximum Gasteiger partial charge on any atom is 0.407 e. The van der Waals surface area contributed by atoms with Gasteiger partial charge in [0.25, 0.3) is 0 Å². The molecule has 2 N–H and O–H groups in total. The lowest BCUT2D eigenvalue weighted by molar-refractivity contribution is -0.155. The minimum absolute atomic E-state index is 0.0816. The summed E-state index contributed by atoms with van der Waals surface area (Å²) in [6.07, 6.45) is -1.05. The minimum Gasteiger partial charge on any atom is -0.480 e. The minimum atomic E-state index is -1.25. The zero-order valence-corrected chi connectivity index (χ0v) is 17.9. The van der Waals surface area contributed by atoms with Crippen LogP contribution in [0.3, 0.4) is 0 Å². The number of nitrogens with one attached hydrogen (secondary N) is 1. The van der Waals surface area contributed by atoms with Crippen LogP contribution in [0.5, 0.6) is 0 Å². The number of carbonyl (C=O) groups is 3. The summed E-state index contributed by atoms with van der Waals surface area (Å²) in [4.78, 5) is 35.6. The maximum atomic E-state index is 12.3. The molecule has 1 aliphatic rings. The Morgan fingerprint density at radius 1 is 1.00 bits per heavy atom. The topological polar surface area (TPSA) is 102 Å². The van der Waals surface area contributed by atoms with Crippen LogP contribution in [0.1, 0.15) is 50.7 Å². The number of esters is 1. The van der Waals surface area contributed by atoms with E-state index in [2.05, 4.69) is 5.32 Å². The summed E-state index contributed by atoms with van der Waals surface area (Å²) in [6, 6.07) is 14.6. The average Bonchev–Trinajstić information content (AvgIpc) is 3.02. The summed E-state index contributed by atoms with van der Waals surface area (Å²) < 4.78 is 10.6. The predicted octanol–water partition coefficient (Wildman–Crippen LogP) is 4.10. The number of ether oxygens (including phenoxy) is 2. The van der Waals surface area contributed by atoms with Gasteiger partial charge < -0.3 is 19.9 Å². The number of alkyl carbamates (subject to hydrolysis) is 1. The van der Waals surface area contributed by atoms with E-state index in [0.29, 0.717) is 0 Å². The van der Waals surface area contributed by atoms with Crippen molar-refractivity contribution in [3.05, 3.63) is 59.7 Å². The Morgan fingerprint density at radius 3 is 2.06 bits per heavy atom. The van der Waals surface area contributed by atoms with Crippen molar-refractivity contribution in [2.45, 2.75) is 51.2 Å². The van der Waals surface area contributed by atoms with E-state index < -0.39 is 29.7 Å². The van der Waals surface area contributed by atoms with Gasteiger partial charge in [-0.1, -0.05) is 48.5 Å². The van der Waals surface area contributed by atoms with E-state index >= 15 is 0 Å². The second-order valence-electron chi connectivity index (χ2n) is 8.49. The van der Waals surface area contributed by atoms with Gasteiger partial charge in [0.15, 0.2) is 0 Å². The highest BCUT2D eigenvalue weighted by Crippen LogP contribution is 2.44. The van der Waals surface area contributed by atoms with Crippen molar-refractivity contribution in [2.24, 2.45) is 0 Å². The Bertz CT molecular complexity index is 933. The van der Waals surface area contributed by atoms with Crippen LogP contribution in [-0.4, -0.2) is 41.4 Å². The lowest BCUT2D eigenvalue weighted by Crippen LogP contribution is -2.42. The van der Waals surface area contributed by atoms with Crippen LogP contribution >= 0.6 is 0 Å². The van der Waals surface area contributed by atoms with Gasteiger partial charge in [0.05, 0.1) is 0 Å². The van der Waals surface area contributed by atoms with Gasteiger partial charge in [-0.3, -0.25) is 4.79 Å². The normalized spacial score (nSPS) is 13.6. The SMILES string of the molecule is CC(C)(C)O[13C](=O)[13CH2][13CH2][13C@H]([15NH]C(=O)OCC1c2ccccc2-c2ccccc21)[13C](=O)O. The number of aliphatic carboxylic acids is 1. The smallest absolute Gasteiger partial charge is 0.407 e. The molecule has 164 valence electrons. The molecule has 0 spiro atoms. The molecular formula is C24H27NO6. The first-order valence-electron chi connectivity index (χ1n) is 10.2. The molecule has 31 heavy (non-hydrogen) atoms. The molecule has 0 saturated carbocycles. The number of carbonyl (C=O) groups excluding carboxylic acids is 2.